The summed E-state index contributed by atoms with van der Waals surface area (Å²) in [5.41, 5.74) is 1.54. The van der Waals surface area contributed by atoms with E-state index in [2.05, 4.69) is 0 Å². The molecule has 0 radical (unpaired) electrons. The van der Waals surface area contributed by atoms with Crippen molar-refractivity contribution in [2.75, 3.05) is 0 Å². The number of hydrogen-bond donors (Lipinski definition) is 1. The molecule has 0 bridgehead atoms. The highest BCUT2D eigenvalue weighted by atomic mass is 16.3. The van der Waals surface area contributed by atoms with Gasteiger partial charge in [0.15, 0.2) is 0 Å². The maximum Gasteiger partial charge on any atom is 0.130 e. The van der Waals surface area contributed by atoms with Gasteiger partial charge < -0.3 is 5.11 Å². The zero-order valence-corrected chi connectivity index (χ0v) is 9.23. The Balaban J connectivity index is 3.25. The first-order valence-electron chi connectivity index (χ1n) is 4.93. The van der Waals surface area contributed by atoms with Crippen LogP contribution < -0.4 is 0 Å². The molecule has 0 heterocycles. The highest BCUT2D eigenvalue weighted by Gasteiger charge is 2.04. The van der Waals surface area contributed by atoms with E-state index < -0.39 is 0 Å². The molecular formula is C13H12N2O. The van der Waals surface area contributed by atoms with Crippen LogP contribution in [0, 0.1) is 22.7 Å². The van der Waals surface area contributed by atoms with Gasteiger partial charge in [-0.1, -0.05) is 19.9 Å². The molecule has 0 amide bonds. The number of phenolic OH excluding ortho intramolecular Hbond substituents is 1. The number of aromatic hydroxyl groups is 1. The molecule has 0 spiro atoms. The lowest BCUT2D eigenvalue weighted by Gasteiger charge is -2.07. The molecule has 16 heavy (non-hydrogen) atoms. The molecule has 1 aromatic carbocycles. The Morgan fingerprint density at radius 2 is 1.94 bits per heavy atom. The van der Waals surface area contributed by atoms with Gasteiger partial charge in [0.1, 0.15) is 23.5 Å². The predicted octanol–water partition coefficient (Wildman–Crippen LogP) is 2.95. The number of hydrogen-bond acceptors (Lipinski definition) is 3. The minimum Gasteiger partial charge on any atom is -0.507 e. The molecule has 0 saturated heterocycles. The Kier molecular flexibility index (Phi) is 3.69. The van der Waals surface area contributed by atoms with Gasteiger partial charge in [0, 0.05) is 5.56 Å². The number of nitrogens with zero attached hydrogens (tertiary/aromatic N) is 2. The highest BCUT2D eigenvalue weighted by Crippen LogP contribution is 2.25. The molecule has 0 unspecified atom stereocenters. The summed E-state index contributed by atoms with van der Waals surface area (Å²) in [5, 5.41) is 26.9. The molecule has 0 atom stereocenters. The summed E-state index contributed by atoms with van der Waals surface area (Å²) in [6.45, 7) is 4.07. The third kappa shape index (κ3) is 2.62. The van der Waals surface area contributed by atoms with E-state index >= 15 is 0 Å². The summed E-state index contributed by atoms with van der Waals surface area (Å²) in [6, 6.07) is 8.72. The number of allylic oxidation sites excluding steroid dienone is 1. The second kappa shape index (κ2) is 5.00. The lowest BCUT2D eigenvalue weighted by atomic mass is 9.99. The fourth-order valence-corrected chi connectivity index (χ4v) is 1.29. The van der Waals surface area contributed by atoms with Crippen LogP contribution >= 0.6 is 0 Å². The van der Waals surface area contributed by atoms with E-state index in [4.69, 9.17) is 10.5 Å². The summed E-state index contributed by atoms with van der Waals surface area (Å²) in [7, 11) is 0. The normalized spacial score (nSPS) is 9.31. The van der Waals surface area contributed by atoms with Crippen molar-refractivity contribution in [3.05, 3.63) is 34.9 Å². The fourth-order valence-electron chi connectivity index (χ4n) is 1.29. The standard InChI is InChI=1S/C13H12N2O/c1-9(2)11-3-4-13(16)12(6-11)5-10(7-14)8-15/h3-6,9,16H,1-2H3. The van der Waals surface area contributed by atoms with Crippen LogP contribution in [0.3, 0.4) is 0 Å². The second-order valence-corrected chi connectivity index (χ2v) is 3.75. The Morgan fingerprint density at radius 1 is 1.31 bits per heavy atom. The van der Waals surface area contributed by atoms with Crippen molar-refractivity contribution in [1.82, 2.24) is 0 Å². The van der Waals surface area contributed by atoms with Crippen LogP contribution in [0.15, 0.2) is 23.8 Å². The number of phenols is 1. The van der Waals surface area contributed by atoms with Crippen molar-refractivity contribution in [1.29, 1.82) is 10.5 Å². The fraction of sp³-hybridized carbons (Fsp3) is 0.231. The molecule has 1 aromatic rings. The SMILES string of the molecule is CC(C)c1ccc(O)c(C=C(C#N)C#N)c1. The average molecular weight is 212 g/mol. The van der Waals surface area contributed by atoms with Crippen LogP contribution in [0.4, 0.5) is 0 Å². The van der Waals surface area contributed by atoms with Crippen LogP contribution in [0.5, 0.6) is 5.75 Å². The molecule has 0 aromatic heterocycles. The summed E-state index contributed by atoms with van der Waals surface area (Å²) in [5.74, 6) is 0.410. The van der Waals surface area contributed by atoms with Gasteiger partial charge in [-0.3, -0.25) is 0 Å². The Morgan fingerprint density at radius 3 is 2.44 bits per heavy atom. The minimum atomic E-state index is -0.0174. The topological polar surface area (TPSA) is 67.8 Å². The van der Waals surface area contributed by atoms with Gasteiger partial charge in [-0.15, -0.1) is 0 Å². The first-order chi connectivity index (χ1) is 7.58. The molecule has 3 nitrogen and oxygen atoms in total. The monoisotopic (exact) mass is 212 g/mol. The van der Waals surface area contributed by atoms with Gasteiger partial charge in [0.25, 0.3) is 0 Å². The van der Waals surface area contributed by atoms with E-state index in [1.165, 1.54) is 6.08 Å². The lowest BCUT2D eigenvalue weighted by Crippen LogP contribution is -1.88. The number of nitriles is 2. The predicted molar refractivity (Wildman–Crippen MR) is 61.4 cm³/mol. The second-order valence-electron chi connectivity index (χ2n) is 3.75. The molecule has 3 heteroatoms. The van der Waals surface area contributed by atoms with Gasteiger partial charge in [0.05, 0.1) is 0 Å². The van der Waals surface area contributed by atoms with E-state index in [-0.39, 0.29) is 11.3 Å². The highest BCUT2D eigenvalue weighted by molar-refractivity contribution is 5.66. The maximum absolute atomic E-state index is 9.59. The van der Waals surface area contributed by atoms with Gasteiger partial charge in [-0.05, 0) is 29.7 Å². The minimum absolute atomic E-state index is 0.0174. The van der Waals surface area contributed by atoms with Crippen molar-refractivity contribution >= 4 is 6.08 Å². The van der Waals surface area contributed by atoms with Gasteiger partial charge in [-0.25, -0.2) is 0 Å². The first kappa shape index (κ1) is 11.8. The summed E-state index contributed by atoms with van der Waals surface area (Å²) >= 11 is 0. The molecule has 0 fully saturated rings. The summed E-state index contributed by atoms with van der Waals surface area (Å²) < 4.78 is 0. The van der Waals surface area contributed by atoms with Crippen LogP contribution in [0.2, 0.25) is 0 Å². The maximum atomic E-state index is 9.59. The van der Waals surface area contributed by atoms with Gasteiger partial charge in [0.2, 0.25) is 0 Å². The van der Waals surface area contributed by atoms with Crippen molar-refractivity contribution in [3.8, 4) is 17.9 Å². The first-order valence-corrected chi connectivity index (χ1v) is 4.93. The largest absolute Gasteiger partial charge is 0.507 e. The van der Waals surface area contributed by atoms with E-state index in [1.54, 1.807) is 24.3 Å². The smallest absolute Gasteiger partial charge is 0.130 e. The van der Waals surface area contributed by atoms with Crippen LogP contribution in [0.25, 0.3) is 6.08 Å². The van der Waals surface area contributed by atoms with Crippen LogP contribution in [-0.4, -0.2) is 5.11 Å². The quantitative estimate of drug-likeness (QED) is 0.766. The molecule has 0 saturated carbocycles. The van der Waals surface area contributed by atoms with E-state index in [0.29, 0.717) is 11.5 Å². The van der Waals surface area contributed by atoms with E-state index in [1.807, 2.05) is 19.9 Å². The zero-order chi connectivity index (χ0) is 12.1. The Bertz CT molecular complexity index is 486. The lowest BCUT2D eigenvalue weighted by molar-refractivity contribution is 0.473. The molecule has 0 aliphatic rings. The molecule has 1 N–H and O–H groups in total. The van der Waals surface area contributed by atoms with E-state index in [0.717, 1.165) is 5.56 Å². The molecule has 0 aliphatic heterocycles. The van der Waals surface area contributed by atoms with Crippen LogP contribution in [-0.2, 0) is 0 Å². The third-order valence-electron chi connectivity index (χ3n) is 2.26. The van der Waals surface area contributed by atoms with Crippen LogP contribution in [0.1, 0.15) is 30.9 Å². The third-order valence-corrected chi connectivity index (χ3v) is 2.26. The molecular weight excluding hydrogens is 200 g/mol. The summed E-state index contributed by atoms with van der Waals surface area (Å²) in [6.07, 6.45) is 1.39. The van der Waals surface area contributed by atoms with Gasteiger partial charge >= 0.3 is 0 Å². The Hall–Kier alpha value is -2.26. The number of benzene rings is 1. The zero-order valence-electron chi connectivity index (χ0n) is 9.23. The molecule has 0 aliphatic carbocycles. The average Bonchev–Trinajstić information content (AvgIpc) is 2.27. The van der Waals surface area contributed by atoms with Crippen molar-refractivity contribution in [2.24, 2.45) is 0 Å². The van der Waals surface area contributed by atoms with Crippen molar-refractivity contribution in [2.45, 2.75) is 19.8 Å². The summed E-state index contributed by atoms with van der Waals surface area (Å²) in [4.78, 5) is 0. The van der Waals surface area contributed by atoms with Gasteiger partial charge in [-0.2, -0.15) is 10.5 Å². The van der Waals surface area contributed by atoms with Crippen molar-refractivity contribution < 1.29 is 5.11 Å². The Labute approximate surface area is 94.9 Å². The van der Waals surface area contributed by atoms with Crippen molar-refractivity contribution in [3.63, 3.8) is 0 Å². The molecule has 80 valence electrons. The molecule has 1 rings (SSSR count). The number of rotatable bonds is 2. The van der Waals surface area contributed by atoms with E-state index in [9.17, 15) is 5.11 Å².